The van der Waals surface area contributed by atoms with Crippen molar-refractivity contribution in [3.8, 4) is 0 Å². The zero-order chi connectivity index (χ0) is 21.8. The highest BCUT2D eigenvalue weighted by molar-refractivity contribution is 6.36. The molecule has 1 saturated heterocycles. The summed E-state index contributed by atoms with van der Waals surface area (Å²) in [6.45, 7) is 6.56. The normalized spacial score (nSPS) is 17.5. The quantitative estimate of drug-likeness (QED) is 0.646. The number of carbonyl (C=O) groups excluding carboxylic acids is 2. The van der Waals surface area contributed by atoms with Gasteiger partial charge in [0.15, 0.2) is 0 Å². The van der Waals surface area contributed by atoms with Gasteiger partial charge in [0.05, 0.1) is 18.8 Å². The van der Waals surface area contributed by atoms with E-state index in [-0.39, 0.29) is 11.8 Å². The van der Waals surface area contributed by atoms with Gasteiger partial charge in [-0.1, -0.05) is 48.0 Å². The summed E-state index contributed by atoms with van der Waals surface area (Å²) >= 11 is 0. The van der Waals surface area contributed by atoms with Gasteiger partial charge in [0, 0.05) is 38.9 Å². The molecule has 0 bridgehead atoms. The van der Waals surface area contributed by atoms with Gasteiger partial charge in [0.1, 0.15) is 5.70 Å². The van der Waals surface area contributed by atoms with E-state index < -0.39 is 0 Å². The predicted octanol–water partition coefficient (Wildman–Crippen LogP) is 2.93. The van der Waals surface area contributed by atoms with Crippen LogP contribution in [0.5, 0.6) is 0 Å². The Morgan fingerprint density at radius 3 is 2.26 bits per heavy atom. The summed E-state index contributed by atoms with van der Waals surface area (Å²) in [7, 11) is 1.85. The first kappa shape index (κ1) is 21.3. The molecule has 2 aromatic rings. The van der Waals surface area contributed by atoms with Crippen LogP contribution in [0.4, 0.5) is 5.69 Å². The molecule has 31 heavy (non-hydrogen) atoms. The number of amides is 2. The number of nitrogens with zero attached hydrogens (tertiary/aromatic N) is 3. The highest BCUT2D eigenvalue weighted by atomic mass is 16.5. The molecule has 0 N–H and O–H groups in total. The van der Waals surface area contributed by atoms with Crippen LogP contribution in [0, 0.1) is 6.92 Å². The third-order valence-electron chi connectivity index (χ3n) is 5.92. The van der Waals surface area contributed by atoms with Crippen LogP contribution in [0.1, 0.15) is 17.5 Å². The zero-order valence-electron chi connectivity index (χ0n) is 18.2. The average molecular weight is 420 g/mol. The summed E-state index contributed by atoms with van der Waals surface area (Å²) in [4.78, 5) is 32.4. The molecule has 0 spiro atoms. The first-order valence-electron chi connectivity index (χ1n) is 10.8. The number of hydrogen-bond donors (Lipinski definition) is 0. The highest BCUT2D eigenvalue weighted by Crippen LogP contribution is 2.33. The van der Waals surface area contributed by atoms with Crippen LogP contribution in [-0.4, -0.2) is 68.1 Å². The van der Waals surface area contributed by atoms with E-state index in [9.17, 15) is 9.59 Å². The molecule has 0 aliphatic carbocycles. The topological polar surface area (TPSA) is 53.1 Å². The van der Waals surface area contributed by atoms with Crippen molar-refractivity contribution in [2.24, 2.45) is 0 Å². The van der Waals surface area contributed by atoms with Gasteiger partial charge in [-0.25, -0.2) is 0 Å². The van der Waals surface area contributed by atoms with E-state index >= 15 is 0 Å². The highest BCUT2D eigenvalue weighted by Gasteiger charge is 2.40. The van der Waals surface area contributed by atoms with E-state index in [0.717, 1.165) is 56.1 Å². The van der Waals surface area contributed by atoms with Crippen LogP contribution in [0.15, 0.2) is 60.3 Å². The number of ether oxygens (including phenoxy) is 1. The van der Waals surface area contributed by atoms with E-state index in [0.29, 0.717) is 17.8 Å². The lowest BCUT2D eigenvalue weighted by atomic mass is 10.0. The number of anilines is 1. The molecule has 4 rings (SSSR count). The van der Waals surface area contributed by atoms with Gasteiger partial charge in [0.25, 0.3) is 11.8 Å². The monoisotopic (exact) mass is 419 g/mol. The fourth-order valence-corrected chi connectivity index (χ4v) is 4.12. The Balaban J connectivity index is 1.59. The van der Waals surface area contributed by atoms with Crippen molar-refractivity contribution < 1.29 is 14.3 Å². The Labute approximate surface area is 183 Å². The van der Waals surface area contributed by atoms with Crippen LogP contribution in [0.3, 0.4) is 0 Å². The number of likely N-dealkylation sites (N-methyl/N-ethyl adjacent to an activating group) is 1. The standard InChI is InChI=1S/C25H29N3O3/c1-19-9-11-20(12-10-19)22-23(26(2)21-7-4-3-5-8-21)25(30)28(24(22)29)14-6-13-27-15-17-31-18-16-27/h3-5,7-12H,6,13-18H2,1-2H3. The van der Waals surface area contributed by atoms with Gasteiger partial charge in [-0.05, 0) is 31.0 Å². The van der Waals surface area contributed by atoms with Gasteiger partial charge in [0.2, 0.25) is 0 Å². The molecule has 0 saturated carbocycles. The summed E-state index contributed by atoms with van der Waals surface area (Å²) in [5, 5.41) is 0. The molecule has 0 radical (unpaired) electrons. The number of benzene rings is 2. The summed E-state index contributed by atoms with van der Waals surface area (Å²) < 4.78 is 5.39. The number of imide groups is 1. The minimum Gasteiger partial charge on any atom is -0.379 e. The number of hydrogen-bond acceptors (Lipinski definition) is 5. The first-order chi connectivity index (χ1) is 15.1. The van der Waals surface area contributed by atoms with Crippen molar-refractivity contribution in [3.05, 3.63) is 71.4 Å². The van der Waals surface area contributed by atoms with Crippen LogP contribution >= 0.6 is 0 Å². The van der Waals surface area contributed by atoms with Crippen LogP contribution in [0.25, 0.3) is 5.57 Å². The Morgan fingerprint density at radius 1 is 0.903 bits per heavy atom. The van der Waals surface area contributed by atoms with E-state index in [1.54, 1.807) is 0 Å². The molecule has 2 aliphatic rings. The summed E-state index contributed by atoms with van der Waals surface area (Å²) in [5.41, 5.74) is 3.67. The molecule has 1 fully saturated rings. The maximum atomic E-state index is 13.4. The number of rotatable bonds is 7. The van der Waals surface area contributed by atoms with E-state index in [2.05, 4.69) is 4.90 Å². The van der Waals surface area contributed by atoms with Crippen molar-refractivity contribution in [2.45, 2.75) is 13.3 Å². The Kier molecular flexibility index (Phi) is 6.49. The Hall–Kier alpha value is -2.96. The Morgan fingerprint density at radius 2 is 1.58 bits per heavy atom. The molecular weight excluding hydrogens is 390 g/mol. The first-order valence-corrected chi connectivity index (χ1v) is 10.8. The summed E-state index contributed by atoms with van der Waals surface area (Å²) in [6, 6.07) is 17.5. The molecule has 0 unspecified atom stereocenters. The summed E-state index contributed by atoms with van der Waals surface area (Å²) in [6.07, 6.45) is 0.751. The molecule has 2 heterocycles. The largest absolute Gasteiger partial charge is 0.379 e. The van der Waals surface area contributed by atoms with Crippen LogP contribution < -0.4 is 4.90 Å². The van der Waals surface area contributed by atoms with Crippen molar-refractivity contribution >= 4 is 23.1 Å². The molecule has 2 aromatic carbocycles. The van der Waals surface area contributed by atoms with Gasteiger partial charge in [-0.2, -0.15) is 0 Å². The lowest BCUT2D eigenvalue weighted by Crippen LogP contribution is -2.40. The van der Waals surface area contributed by atoms with Crippen molar-refractivity contribution in [1.82, 2.24) is 9.80 Å². The van der Waals surface area contributed by atoms with Gasteiger partial charge < -0.3 is 9.64 Å². The number of morpholine rings is 1. The fraction of sp³-hybridized carbons (Fsp3) is 0.360. The average Bonchev–Trinajstić information content (AvgIpc) is 3.05. The molecular formula is C25H29N3O3. The second kappa shape index (κ2) is 9.45. The van der Waals surface area contributed by atoms with Crippen molar-refractivity contribution in [2.75, 3.05) is 51.3 Å². The molecule has 0 aromatic heterocycles. The van der Waals surface area contributed by atoms with Crippen molar-refractivity contribution in [3.63, 3.8) is 0 Å². The minimum atomic E-state index is -0.228. The second-order valence-corrected chi connectivity index (χ2v) is 8.05. The molecule has 0 atom stereocenters. The lowest BCUT2D eigenvalue weighted by molar-refractivity contribution is -0.137. The van der Waals surface area contributed by atoms with E-state index in [1.807, 2.05) is 73.5 Å². The summed E-state index contributed by atoms with van der Waals surface area (Å²) in [5.74, 6) is -0.442. The van der Waals surface area contributed by atoms with Gasteiger partial charge in [-0.15, -0.1) is 0 Å². The third-order valence-corrected chi connectivity index (χ3v) is 5.92. The van der Waals surface area contributed by atoms with Crippen LogP contribution in [0.2, 0.25) is 0 Å². The Bertz CT molecular complexity index is 963. The fourth-order valence-electron chi connectivity index (χ4n) is 4.12. The second-order valence-electron chi connectivity index (χ2n) is 8.05. The van der Waals surface area contributed by atoms with Gasteiger partial charge in [-0.3, -0.25) is 19.4 Å². The predicted molar refractivity (Wildman–Crippen MR) is 122 cm³/mol. The number of aryl methyl sites for hydroxylation is 1. The van der Waals surface area contributed by atoms with E-state index in [1.165, 1.54) is 4.90 Å². The molecule has 2 amide bonds. The van der Waals surface area contributed by atoms with Crippen LogP contribution in [-0.2, 0) is 14.3 Å². The smallest absolute Gasteiger partial charge is 0.278 e. The lowest BCUT2D eigenvalue weighted by Gasteiger charge is -2.27. The van der Waals surface area contributed by atoms with E-state index in [4.69, 9.17) is 4.74 Å². The third kappa shape index (κ3) is 4.55. The molecule has 6 nitrogen and oxygen atoms in total. The molecule has 162 valence electrons. The van der Waals surface area contributed by atoms with Crippen molar-refractivity contribution in [1.29, 1.82) is 0 Å². The maximum absolute atomic E-state index is 13.4. The maximum Gasteiger partial charge on any atom is 0.278 e. The number of carbonyl (C=O) groups is 2. The SMILES string of the molecule is Cc1ccc(C2=C(N(C)c3ccccc3)C(=O)N(CCCN3CCOCC3)C2=O)cc1. The minimum absolute atomic E-state index is 0.214. The molecule has 2 aliphatic heterocycles. The van der Waals surface area contributed by atoms with Gasteiger partial charge >= 0.3 is 0 Å². The molecule has 6 heteroatoms. The number of para-hydroxylation sites is 1. The zero-order valence-corrected chi connectivity index (χ0v) is 18.2.